The van der Waals surface area contributed by atoms with E-state index < -0.39 is 0 Å². The molecule has 1 aliphatic rings. The van der Waals surface area contributed by atoms with Gasteiger partial charge >= 0.3 is 0 Å². The van der Waals surface area contributed by atoms with Crippen molar-refractivity contribution in [1.29, 1.82) is 0 Å². The summed E-state index contributed by atoms with van der Waals surface area (Å²) < 4.78 is 11.0. The predicted molar refractivity (Wildman–Crippen MR) is 165 cm³/mol. The van der Waals surface area contributed by atoms with Gasteiger partial charge in [0, 0.05) is 33.1 Å². The van der Waals surface area contributed by atoms with Crippen molar-refractivity contribution in [1.82, 2.24) is 0 Å². The zero-order valence-corrected chi connectivity index (χ0v) is 26.3. The highest BCUT2D eigenvalue weighted by molar-refractivity contribution is 8.03. The minimum atomic E-state index is -0.0241. The first kappa shape index (κ1) is 30.9. The summed E-state index contributed by atoms with van der Waals surface area (Å²) in [6.45, 7) is 13.1. The van der Waals surface area contributed by atoms with Crippen molar-refractivity contribution in [3.05, 3.63) is 46.5 Å². The van der Waals surface area contributed by atoms with E-state index in [1.807, 2.05) is 35.7 Å². The van der Waals surface area contributed by atoms with E-state index in [4.69, 9.17) is 9.47 Å². The minimum absolute atomic E-state index is 0.0241. The molecule has 3 rings (SSSR count). The highest BCUT2D eigenvalue weighted by Gasteiger charge is 2.27. The topological polar surface area (TPSA) is 58.9 Å². The largest absolute Gasteiger partial charge is 0.504 e. The van der Waals surface area contributed by atoms with Crippen LogP contribution >= 0.6 is 23.5 Å². The number of rotatable bonds is 8. The second kappa shape index (κ2) is 13.1. The Morgan fingerprint density at radius 3 is 1.34 bits per heavy atom. The Hall–Kier alpha value is -1.66. The van der Waals surface area contributed by atoms with Crippen LogP contribution in [0.5, 0.6) is 23.0 Å². The third-order valence-electron chi connectivity index (χ3n) is 7.53. The van der Waals surface area contributed by atoms with E-state index in [-0.39, 0.29) is 22.3 Å². The van der Waals surface area contributed by atoms with Crippen LogP contribution < -0.4 is 9.47 Å². The van der Waals surface area contributed by atoms with Crippen molar-refractivity contribution in [2.24, 2.45) is 0 Å². The van der Waals surface area contributed by atoms with E-state index in [1.165, 1.54) is 49.7 Å². The van der Waals surface area contributed by atoms with Gasteiger partial charge in [0.25, 0.3) is 0 Å². The quantitative estimate of drug-likeness (QED) is 0.336. The summed E-state index contributed by atoms with van der Waals surface area (Å²) in [5.41, 5.74) is 4.20. The van der Waals surface area contributed by atoms with Gasteiger partial charge in [-0.05, 0) is 46.9 Å². The van der Waals surface area contributed by atoms with Crippen LogP contribution in [0.25, 0.3) is 0 Å². The highest BCUT2D eigenvalue weighted by atomic mass is 32.2. The fourth-order valence-electron chi connectivity index (χ4n) is 4.92. The fraction of sp³-hybridized carbons (Fsp3) is 0.625. The molecule has 2 aromatic rings. The van der Waals surface area contributed by atoms with Crippen LogP contribution in [0.15, 0.2) is 24.3 Å². The molecule has 0 spiro atoms. The van der Waals surface area contributed by atoms with Gasteiger partial charge in [0.15, 0.2) is 23.0 Å². The van der Waals surface area contributed by atoms with Gasteiger partial charge in [0.1, 0.15) is 0 Å². The molecule has 2 aromatic carbocycles. The first-order valence-electron chi connectivity index (χ1n) is 13.9. The summed E-state index contributed by atoms with van der Waals surface area (Å²) in [5.74, 6) is 3.15. The van der Waals surface area contributed by atoms with E-state index in [0.29, 0.717) is 22.0 Å². The lowest BCUT2D eigenvalue weighted by Gasteiger charge is -2.29. The van der Waals surface area contributed by atoms with E-state index in [1.54, 1.807) is 14.2 Å². The second-order valence-corrected chi connectivity index (χ2v) is 15.0. The van der Waals surface area contributed by atoms with Crippen LogP contribution in [0.1, 0.15) is 102 Å². The van der Waals surface area contributed by atoms with E-state index in [2.05, 4.69) is 53.7 Å². The molecule has 2 unspecified atom stereocenters. The Bertz CT molecular complexity index is 983. The number of phenols is 2. The molecule has 0 amide bonds. The standard InChI is InChI=1S/C32H48O4S2/c1-31(2,3)23-15-21(29(33)25(17-23)35-7)19-37-27-13-11-9-10-12-14-28(27)38-20-22-16-24(32(4,5)6)18-26(36-8)30(22)34/h15-18,27-28,33-34H,9-14,19-20H2,1-8H3. The van der Waals surface area contributed by atoms with Crippen LogP contribution in [0.4, 0.5) is 0 Å². The fourth-order valence-corrected chi connectivity index (χ4v) is 7.99. The molecule has 1 fully saturated rings. The lowest BCUT2D eigenvalue weighted by Crippen LogP contribution is -2.22. The number of hydrogen-bond acceptors (Lipinski definition) is 6. The molecule has 1 saturated carbocycles. The van der Waals surface area contributed by atoms with Crippen molar-refractivity contribution in [2.45, 2.75) is 113 Å². The number of thioether (sulfide) groups is 2. The van der Waals surface area contributed by atoms with Gasteiger partial charge in [-0.2, -0.15) is 23.5 Å². The first-order valence-corrected chi connectivity index (χ1v) is 16.0. The van der Waals surface area contributed by atoms with Gasteiger partial charge in [-0.25, -0.2) is 0 Å². The zero-order valence-electron chi connectivity index (χ0n) is 24.6. The van der Waals surface area contributed by atoms with Crippen molar-refractivity contribution >= 4 is 23.5 Å². The monoisotopic (exact) mass is 560 g/mol. The number of ether oxygens (including phenoxy) is 2. The average Bonchev–Trinajstić information content (AvgIpc) is 2.83. The summed E-state index contributed by atoms with van der Waals surface area (Å²) in [6, 6.07) is 8.23. The van der Waals surface area contributed by atoms with Gasteiger partial charge in [0.05, 0.1) is 14.2 Å². The van der Waals surface area contributed by atoms with Crippen molar-refractivity contribution < 1.29 is 19.7 Å². The number of methoxy groups -OCH3 is 2. The maximum atomic E-state index is 10.9. The molecule has 38 heavy (non-hydrogen) atoms. The van der Waals surface area contributed by atoms with Crippen molar-refractivity contribution in [3.8, 4) is 23.0 Å². The molecule has 212 valence electrons. The second-order valence-electron chi connectivity index (χ2n) is 12.6. The van der Waals surface area contributed by atoms with Crippen molar-refractivity contribution in [3.63, 3.8) is 0 Å². The van der Waals surface area contributed by atoms with Gasteiger partial charge < -0.3 is 19.7 Å². The molecule has 2 atom stereocenters. The number of aromatic hydroxyl groups is 2. The Morgan fingerprint density at radius 2 is 1.03 bits per heavy atom. The average molecular weight is 561 g/mol. The Labute approximate surface area is 239 Å². The Balaban J connectivity index is 1.81. The summed E-state index contributed by atoms with van der Waals surface area (Å²) in [6.07, 6.45) is 7.42. The molecule has 0 radical (unpaired) electrons. The molecule has 4 nitrogen and oxygen atoms in total. The van der Waals surface area contributed by atoms with Gasteiger partial charge in [-0.1, -0.05) is 79.4 Å². The molecule has 0 heterocycles. The third-order valence-corrected chi connectivity index (χ3v) is 10.6. The normalized spacial score (nSPS) is 19.1. The smallest absolute Gasteiger partial charge is 0.161 e. The lowest BCUT2D eigenvalue weighted by atomic mass is 9.86. The molecule has 6 heteroatoms. The first-order chi connectivity index (χ1) is 17.8. The minimum Gasteiger partial charge on any atom is -0.504 e. The molecule has 0 aliphatic heterocycles. The molecular formula is C32H48O4S2. The summed E-state index contributed by atoms with van der Waals surface area (Å²) >= 11 is 3.93. The van der Waals surface area contributed by atoms with Gasteiger partial charge in [-0.3, -0.25) is 0 Å². The predicted octanol–water partition coefficient (Wildman–Crippen LogP) is 8.97. The van der Waals surface area contributed by atoms with E-state index in [9.17, 15) is 10.2 Å². The summed E-state index contributed by atoms with van der Waals surface area (Å²) in [4.78, 5) is 0. The molecule has 0 saturated heterocycles. The maximum Gasteiger partial charge on any atom is 0.161 e. The third kappa shape index (κ3) is 7.94. The van der Waals surface area contributed by atoms with E-state index in [0.717, 1.165) is 22.6 Å². The summed E-state index contributed by atoms with van der Waals surface area (Å²) in [5, 5.41) is 22.8. The van der Waals surface area contributed by atoms with Crippen molar-refractivity contribution in [2.75, 3.05) is 14.2 Å². The number of phenolic OH excluding ortho intramolecular Hbond substituents is 2. The highest BCUT2D eigenvalue weighted by Crippen LogP contribution is 2.43. The molecule has 2 N–H and O–H groups in total. The SMILES string of the molecule is COc1cc(C(C)(C)C)cc(CSC2CCCCCCC2SCc2cc(C(C)(C)C)cc(OC)c2O)c1O. The zero-order chi connectivity index (χ0) is 28.1. The Morgan fingerprint density at radius 1 is 0.658 bits per heavy atom. The number of benzene rings is 2. The lowest BCUT2D eigenvalue weighted by molar-refractivity contribution is 0.369. The van der Waals surface area contributed by atoms with Gasteiger partial charge in [0.2, 0.25) is 0 Å². The maximum absolute atomic E-state index is 10.9. The Kier molecular flexibility index (Phi) is 10.7. The number of hydrogen-bond donors (Lipinski definition) is 2. The van der Waals surface area contributed by atoms with E-state index >= 15 is 0 Å². The molecular weight excluding hydrogens is 512 g/mol. The molecule has 0 aromatic heterocycles. The van der Waals surface area contributed by atoms with Crippen LogP contribution in [0.2, 0.25) is 0 Å². The van der Waals surface area contributed by atoms with Crippen LogP contribution in [0, 0.1) is 0 Å². The molecule has 1 aliphatic carbocycles. The molecule has 0 bridgehead atoms. The van der Waals surface area contributed by atoms with Crippen LogP contribution in [-0.4, -0.2) is 34.9 Å². The van der Waals surface area contributed by atoms with Gasteiger partial charge in [-0.15, -0.1) is 0 Å². The van der Waals surface area contributed by atoms with Crippen LogP contribution in [0.3, 0.4) is 0 Å². The summed E-state index contributed by atoms with van der Waals surface area (Å²) in [7, 11) is 3.25. The van der Waals surface area contributed by atoms with Crippen LogP contribution in [-0.2, 0) is 22.3 Å².